The first-order chi connectivity index (χ1) is 9.80. The SMILES string of the molecule is CCCCCCNC(=NC)NCC1CCN(CCC)C1.I. The third-order valence-electron chi connectivity index (χ3n) is 4.01. The lowest BCUT2D eigenvalue weighted by atomic mass is 10.1. The lowest BCUT2D eigenvalue weighted by molar-refractivity contribution is 0.324. The van der Waals surface area contributed by atoms with Crippen LogP contribution >= 0.6 is 24.0 Å². The summed E-state index contributed by atoms with van der Waals surface area (Å²) in [5.41, 5.74) is 0. The van der Waals surface area contributed by atoms with Crippen LogP contribution in [0.4, 0.5) is 0 Å². The summed E-state index contributed by atoms with van der Waals surface area (Å²) in [6, 6.07) is 0. The summed E-state index contributed by atoms with van der Waals surface area (Å²) in [5.74, 6) is 1.75. The highest BCUT2D eigenvalue weighted by atomic mass is 127. The summed E-state index contributed by atoms with van der Waals surface area (Å²) in [4.78, 5) is 6.88. The average Bonchev–Trinajstić information content (AvgIpc) is 2.90. The first-order valence-corrected chi connectivity index (χ1v) is 8.47. The maximum Gasteiger partial charge on any atom is 0.190 e. The van der Waals surface area contributed by atoms with Crippen molar-refractivity contribution >= 4 is 29.9 Å². The number of likely N-dealkylation sites (tertiary alicyclic amines) is 1. The largest absolute Gasteiger partial charge is 0.356 e. The van der Waals surface area contributed by atoms with Gasteiger partial charge in [-0.15, -0.1) is 24.0 Å². The Morgan fingerprint density at radius 1 is 1.14 bits per heavy atom. The van der Waals surface area contributed by atoms with Crippen molar-refractivity contribution < 1.29 is 0 Å². The van der Waals surface area contributed by atoms with Crippen molar-refractivity contribution in [2.75, 3.05) is 39.8 Å². The zero-order valence-corrected chi connectivity index (χ0v) is 16.5. The fourth-order valence-electron chi connectivity index (χ4n) is 2.82. The van der Waals surface area contributed by atoms with Gasteiger partial charge in [0.1, 0.15) is 0 Å². The van der Waals surface area contributed by atoms with Crippen LogP contribution in [0.3, 0.4) is 0 Å². The molecule has 1 rings (SSSR count). The van der Waals surface area contributed by atoms with Gasteiger partial charge in [-0.2, -0.15) is 0 Å². The van der Waals surface area contributed by atoms with Crippen molar-refractivity contribution in [3.05, 3.63) is 0 Å². The minimum Gasteiger partial charge on any atom is -0.356 e. The van der Waals surface area contributed by atoms with E-state index >= 15 is 0 Å². The Kier molecular flexibility index (Phi) is 13.6. The molecule has 0 bridgehead atoms. The van der Waals surface area contributed by atoms with E-state index in [4.69, 9.17) is 0 Å². The van der Waals surface area contributed by atoms with E-state index < -0.39 is 0 Å². The predicted molar refractivity (Wildman–Crippen MR) is 104 cm³/mol. The summed E-state index contributed by atoms with van der Waals surface area (Å²) in [6.07, 6.45) is 7.77. The first kappa shape index (κ1) is 21.0. The molecule has 4 nitrogen and oxygen atoms in total. The molecule has 5 heteroatoms. The van der Waals surface area contributed by atoms with Gasteiger partial charge in [-0.05, 0) is 38.3 Å². The summed E-state index contributed by atoms with van der Waals surface area (Å²) in [5, 5.41) is 6.89. The molecule has 0 amide bonds. The Labute approximate surface area is 148 Å². The van der Waals surface area contributed by atoms with E-state index in [1.807, 2.05) is 7.05 Å². The molecule has 1 fully saturated rings. The highest BCUT2D eigenvalue weighted by molar-refractivity contribution is 14.0. The number of aliphatic imine (C=N–C) groups is 1. The fraction of sp³-hybridized carbons (Fsp3) is 0.938. The molecule has 0 aromatic heterocycles. The van der Waals surface area contributed by atoms with Gasteiger partial charge in [0.2, 0.25) is 0 Å². The van der Waals surface area contributed by atoms with Crippen LogP contribution < -0.4 is 10.6 Å². The van der Waals surface area contributed by atoms with Gasteiger partial charge in [-0.3, -0.25) is 4.99 Å². The Morgan fingerprint density at radius 2 is 1.95 bits per heavy atom. The second-order valence-electron chi connectivity index (χ2n) is 5.90. The molecule has 0 saturated carbocycles. The Morgan fingerprint density at radius 3 is 2.62 bits per heavy atom. The second kappa shape index (κ2) is 13.6. The van der Waals surface area contributed by atoms with Crippen molar-refractivity contribution in [2.24, 2.45) is 10.9 Å². The number of nitrogens with zero attached hydrogens (tertiary/aromatic N) is 2. The van der Waals surface area contributed by atoms with E-state index in [-0.39, 0.29) is 24.0 Å². The number of unbranched alkanes of at least 4 members (excludes halogenated alkanes) is 3. The Balaban J connectivity index is 0.00000400. The molecule has 21 heavy (non-hydrogen) atoms. The van der Waals surface area contributed by atoms with Gasteiger partial charge >= 0.3 is 0 Å². The molecule has 2 N–H and O–H groups in total. The van der Waals surface area contributed by atoms with Gasteiger partial charge in [-0.25, -0.2) is 0 Å². The van der Waals surface area contributed by atoms with Crippen LogP contribution in [0.5, 0.6) is 0 Å². The summed E-state index contributed by atoms with van der Waals surface area (Å²) < 4.78 is 0. The number of guanidine groups is 1. The zero-order valence-electron chi connectivity index (χ0n) is 14.2. The highest BCUT2D eigenvalue weighted by Crippen LogP contribution is 2.15. The first-order valence-electron chi connectivity index (χ1n) is 8.47. The van der Waals surface area contributed by atoms with E-state index in [9.17, 15) is 0 Å². The second-order valence-corrected chi connectivity index (χ2v) is 5.90. The lowest BCUT2D eigenvalue weighted by Crippen LogP contribution is -2.40. The van der Waals surface area contributed by atoms with Crippen LogP contribution in [0.25, 0.3) is 0 Å². The quantitative estimate of drug-likeness (QED) is 0.266. The third kappa shape index (κ3) is 9.55. The average molecular weight is 410 g/mol. The standard InChI is InChI=1S/C16H34N4.HI/c1-4-6-7-8-10-18-16(17-3)19-13-15-9-12-20(14-15)11-5-2;/h15H,4-14H2,1-3H3,(H2,17,18,19);1H. The van der Waals surface area contributed by atoms with Gasteiger partial charge in [-0.1, -0.05) is 33.1 Å². The summed E-state index contributed by atoms with van der Waals surface area (Å²) >= 11 is 0. The van der Waals surface area contributed by atoms with E-state index in [0.717, 1.165) is 25.0 Å². The minimum atomic E-state index is 0. The molecule has 1 aliphatic rings. The normalized spacial score (nSPS) is 19.4. The molecule has 1 heterocycles. The Bertz CT molecular complexity index is 271. The molecule has 1 atom stereocenters. The van der Waals surface area contributed by atoms with E-state index in [2.05, 4.69) is 34.4 Å². The zero-order chi connectivity index (χ0) is 14.6. The topological polar surface area (TPSA) is 39.7 Å². The molecule has 1 saturated heterocycles. The van der Waals surface area contributed by atoms with Crippen LogP contribution in [0.2, 0.25) is 0 Å². The van der Waals surface area contributed by atoms with Gasteiger partial charge in [0, 0.05) is 26.7 Å². The van der Waals surface area contributed by atoms with Crippen molar-refractivity contribution in [1.29, 1.82) is 0 Å². The van der Waals surface area contributed by atoms with E-state index in [0.29, 0.717) is 0 Å². The molecule has 126 valence electrons. The van der Waals surface area contributed by atoms with Crippen LogP contribution in [0.15, 0.2) is 4.99 Å². The summed E-state index contributed by atoms with van der Waals surface area (Å²) in [7, 11) is 1.86. The van der Waals surface area contributed by atoms with Gasteiger partial charge < -0.3 is 15.5 Å². The van der Waals surface area contributed by atoms with Crippen molar-refractivity contribution in [1.82, 2.24) is 15.5 Å². The smallest absolute Gasteiger partial charge is 0.190 e. The highest BCUT2D eigenvalue weighted by Gasteiger charge is 2.21. The number of nitrogens with one attached hydrogen (secondary N) is 2. The molecular formula is C16H35IN4. The predicted octanol–water partition coefficient (Wildman–Crippen LogP) is 3.08. The lowest BCUT2D eigenvalue weighted by Gasteiger charge is -2.17. The van der Waals surface area contributed by atoms with Crippen LogP contribution in [0.1, 0.15) is 52.4 Å². The molecule has 0 radical (unpaired) electrons. The molecule has 0 aromatic rings. The van der Waals surface area contributed by atoms with Gasteiger partial charge in [0.05, 0.1) is 0 Å². The molecule has 0 aliphatic carbocycles. The molecule has 0 spiro atoms. The number of hydrogen-bond acceptors (Lipinski definition) is 2. The van der Waals surface area contributed by atoms with Crippen LogP contribution in [-0.4, -0.2) is 50.6 Å². The maximum absolute atomic E-state index is 4.30. The van der Waals surface area contributed by atoms with Crippen LogP contribution in [-0.2, 0) is 0 Å². The van der Waals surface area contributed by atoms with E-state index in [1.165, 1.54) is 58.2 Å². The van der Waals surface area contributed by atoms with Crippen molar-refractivity contribution in [3.63, 3.8) is 0 Å². The minimum absolute atomic E-state index is 0. The number of halogens is 1. The molecular weight excluding hydrogens is 375 g/mol. The van der Waals surface area contributed by atoms with Gasteiger partial charge in [0.25, 0.3) is 0 Å². The van der Waals surface area contributed by atoms with Gasteiger partial charge in [0.15, 0.2) is 5.96 Å². The Hall–Kier alpha value is -0.0400. The van der Waals surface area contributed by atoms with Crippen molar-refractivity contribution in [2.45, 2.75) is 52.4 Å². The van der Waals surface area contributed by atoms with Crippen LogP contribution in [0, 0.1) is 5.92 Å². The molecule has 1 aliphatic heterocycles. The number of rotatable bonds is 9. The fourth-order valence-corrected chi connectivity index (χ4v) is 2.82. The maximum atomic E-state index is 4.30. The monoisotopic (exact) mass is 410 g/mol. The molecule has 1 unspecified atom stereocenters. The third-order valence-corrected chi connectivity index (χ3v) is 4.01. The summed E-state index contributed by atoms with van der Waals surface area (Å²) in [6.45, 7) is 10.4. The van der Waals surface area contributed by atoms with Crippen molar-refractivity contribution in [3.8, 4) is 0 Å². The molecule has 0 aromatic carbocycles. The van der Waals surface area contributed by atoms with E-state index in [1.54, 1.807) is 0 Å². The number of hydrogen-bond donors (Lipinski definition) is 2.